The topological polar surface area (TPSA) is 76.0 Å². The molecule has 0 aliphatic rings. The van der Waals surface area contributed by atoms with Gasteiger partial charge in [-0.05, 0) is 20.8 Å². The summed E-state index contributed by atoms with van der Waals surface area (Å²) in [5, 5.41) is 3.23. The van der Waals surface area contributed by atoms with Gasteiger partial charge in [-0.15, -0.1) is 0 Å². The molecule has 0 aromatic rings. The van der Waals surface area contributed by atoms with Gasteiger partial charge in [0.15, 0.2) is 0 Å². The van der Waals surface area contributed by atoms with E-state index in [9.17, 15) is 8.42 Å². The SMILES string of the molecule is CCO/N=C(\C)[C@@H](C)SS(=O)(=O)O. The number of nitrogens with zero attached hydrogens (tertiary/aromatic N) is 1. The van der Waals surface area contributed by atoms with Crippen LogP contribution in [0.5, 0.6) is 0 Å². The Labute approximate surface area is 81.7 Å². The van der Waals surface area contributed by atoms with Crippen molar-refractivity contribution in [3.8, 4) is 0 Å². The average Bonchev–Trinajstić information content (AvgIpc) is 1.96. The van der Waals surface area contributed by atoms with Gasteiger partial charge in [0.1, 0.15) is 6.61 Å². The maximum Gasteiger partial charge on any atom is 0.320 e. The van der Waals surface area contributed by atoms with Crippen molar-refractivity contribution in [2.24, 2.45) is 5.16 Å². The highest BCUT2D eigenvalue weighted by molar-refractivity contribution is 8.70. The minimum Gasteiger partial charge on any atom is -0.396 e. The third kappa shape index (κ3) is 6.85. The van der Waals surface area contributed by atoms with Gasteiger partial charge in [0.25, 0.3) is 0 Å². The molecule has 78 valence electrons. The summed E-state index contributed by atoms with van der Waals surface area (Å²) in [5.41, 5.74) is 0.518. The third-order valence-electron chi connectivity index (χ3n) is 1.19. The minimum atomic E-state index is -4.01. The molecule has 0 radical (unpaired) electrons. The molecule has 1 N–H and O–H groups in total. The first-order valence-electron chi connectivity index (χ1n) is 3.69. The van der Waals surface area contributed by atoms with Gasteiger partial charge in [-0.25, -0.2) is 0 Å². The van der Waals surface area contributed by atoms with E-state index in [2.05, 4.69) is 5.16 Å². The molecule has 0 saturated heterocycles. The Morgan fingerprint density at radius 1 is 1.69 bits per heavy atom. The monoisotopic (exact) mass is 227 g/mol. The molecule has 0 aromatic heterocycles. The number of hydrogen-bond donors (Lipinski definition) is 1. The van der Waals surface area contributed by atoms with Gasteiger partial charge in [-0.1, -0.05) is 5.16 Å². The Kier molecular flexibility index (Phi) is 5.34. The second kappa shape index (κ2) is 5.46. The number of hydrogen-bond acceptors (Lipinski definition) is 5. The molecule has 0 amide bonds. The van der Waals surface area contributed by atoms with Crippen LogP contribution >= 0.6 is 10.8 Å². The zero-order valence-corrected chi connectivity index (χ0v) is 9.35. The Bertz CT molecular complexity index is 272. The Hall–Kier alpha value is -0.270. The molecule has 0 heterocycles. The van der Waals surface area contributed by atoms with Crippen LogP contribution in [0.3, 0.4) is 0 Å². The molecule has 0 bridgehead atoms. The summed E-state index contributed by atoms with van der Waals surface area (Å²) in [6, 6.07) is 0. The molecule has 7 heteroatoms. The van der Waals surface area contributed by atoms with Crippen LogP contribution in [0.15, 0.2) is 5.16 Å². The van der Waals surface area contributed by atoms with Crippen molar-refractivity contribution in [3.05, 3.63) is 0 Å². The van der Waals surface area contributed by atoms with Crippen LogP contribution in [0.1, 0.15) is 20.8 Å². The quantitative estimate of drug-likeness (QED) is 0.332. The molecule has 0 saturated carbocycles. The molecule has 0 aliphatic heterocycles. The van der Waals surface area contributed by atoms with Crippen molar-refractivity contribution in [2.75, 3.05) is 6.61 Å². The summed E-state index contributed by atoms with van der Waals surface area (Å²) in [6.45, 7) is 5.47. The maximum absolute atomic E-state index is 10.4. The van der Waals surface area contributed by atoms with Crippen molar-refractivity contribution in [1.82, 2.24) is 0 Å². The van der Waals surface area contributed by atoms with E-state index in [1.807, 2.05) is 0 Å². The Morgan fingerprint density at radius 3 is 2.62 bits per heavy atom. The van der Waals surface area contributed by atoms with Crippen molar-refractivity contribution in [2.45, 2.75) is 26.0 Å². The van der Waals surface area contributed by atoms with Crippen LogP contribution in [0, 0.1) is 0 Å². The molecule has 0 spiro atoms. The van der Waals surface area contributed by atoms with Crippen molar-refractivity contribution in [3.63, 3.8) is 0 Å². The molecule has 5 nitrogen and oxygen atoms in total. The lowest BCUT2D eigenvalue weighted by atomic mass is 10.3. The molecule has 0 rings (SSSR count). The molecule has 0 unspecified atom stereocenters. The standard InChI is InChI=1S/C6H13NO4S2/c1-4-11-7-5(2)6(3)12-13(8,9)10/h6H,4H2,1-3H3,(H,8,9,10)/b7-5+/t6-/m1/s1. The second-order valence-corrected chi connectivity index (χ2v) is 5.91. The fourth-order valence-corrected chi connectivity index (χ4v) is 2.55. The highest BCUT2D eigenvalue weighted by Gasteiger charge is 2.16. The van der Waals surface area contributed by atoms with Crippen LogP contribution in [-0.2, 0) is 14.0 Å². The maximum atomic E-state index is 10.4. The number of rotatable bonds is 5. The van der Waals surface area contributed by atoms with Gasteiger partial charge >= 0.3 is 9.15 Å². The van der Waals surface area contributed by atoms with Gasteiger partial charge in [0.2, 0.25) is 0 Å². The van der Waals surface area contributed by atoms with Crippen molar-refractivity contribution in [1.29, 1.82) is 0 Å². The van der Waals surface area contributed by atoms with E-state index in [-0.39, 0.29) is 0 Å². The van der Waals surface area contributed by atoms with Gasteiger partial charge in [0.05, 0.1) is 11.0 Å². The van der Waals surface area contributed by atoms with Crippen LogP contribution in [-0.4, -0.2) is 30.5 Å². The first-order chi connectivity index (χ1) is 5.87. The molecule has 0 aromatic carbocycles. The average molecular weight is 227 g/mol. The van der Waals surface area contributed by atoms with Crippen molar-refractivity contribution < 1.29 is 17.8 Å². The zero-order chi connectivity index (χ0) is 10.5. The molecule has 0 aliphatic carbocycles. The highest BCUT2D eigenvalue weighted by Crippen LogP contribution is 2.18. The largest absolute Gasteiger partial charge is 0.396 e. The summed E-state index contributed by atoms with van der Waals surface area (Å²) in [6.07, 6.45) is 0. The molecule has 0 fully saturated rings. The summed E-state index contributed by atoms with van der Waals surface area (Å²) in [5.74, 6) is 0. The van der Waals surface area contributed by atoms with Crippen LogP contribution in [0.4, 0.5) is 0 Å². The molecular formula is C6H13NO4S2. The van der Waals surface area contributed by atoms with Crippen LogP contribution in [0.25, 0.3) is 0 Å². The van der Waals surface area contributed by atoms with Gasteiger partial charge in [0, 0.05) is 10.8 Å². The van der Waals surface area contributed by atoms with Crippen molar-refractivity contribution >= 4 is 25.7 Å². The van der Waals surface area contributed by atoms with Crippen LogP contribution in [0.2, 0.25) is 0 Å². The summed E-state index contributed by atoms with van der Waals surface area (Å²) >= 11 is 0. The van der Waals surface area contributed by atoms with Crippen LogP contribution < -0.4 is 0 Å². The second-order valence-electron chi connectivity index (χ2n) is 2.32. The van der Waals surface area contributed by atoms with Gasteiger partial charge < -0.3 is 4.84 Å². The van der Waals surface area contributed by atoms with E-state index >= 15 is 0 Å². The fourth-order valence-electron chi connectivity index (χ4n) is 0.493. The minimum absolute atomic E-state index is 0.415. The Balaban J connectivity index is 4.19. The van der Waals surface area contributed by atoms with E-state index in [4.69, 9.17) is 9.39 Å². The predicted octanol–water partition coefficient (Wildman–Crippen LogP) is 1.32. The first kappa shape index (κ1) is 12.7. The normalized spacial score (nSPS) is 15.5. The smallest absolute Gasteiger partial charge is 0.320 e. The molecular weight excluding hydrogens is 214 g/mol. The van der Waals surface area contributed by atoms with Gasteiger partial charge in [-0.3, -0.25) is 4.55 Å². The highest BCUT2D eigenvalue weighted by atomic mass is 33.1. The number of oxime groups is 1. The molecule has 13 heavy (non-hydrogen) atoms. The predicted molar refractivity (Wildman–Crippen MR) is 53.3 cm³/mol. The third-order valence-corrected chi connectivity index (χ3v) is 3.66. The van der Waals surface area contributed by atoms with E-state index in [0.717, 1.165) is 0 Å². The lowest BCUT2D eigenvalue weighted by Crippen LogP contribution is -2.12. The zero-order valence-electron chi connectivity index (χ0n) is 7.72. The molecule has 1 atom stereocenters. The van der Waals surface area contributed by atoms with Gasteiger partial charge in [-0.2, -0.15) is 8.42 Å². The van der Waals surface area contributed by atoms with E-state index in [1.165, 1.54) is 0 Å². The first-order valence-corrected chi connectivity index (χ1v) is 6.52. The van der Waals surface area contributed by atoms with E-state index in [1.54, 1.807) is 20.8 Å². The summed E-state index contributed by atoms with van der Waals surface area (Å²) in [4.78, 5) is 4.73. The summed E-state index contributed by atoms with van der Waals surface area (Å²) in [7, 11) is -3.58. The summed E-state index contributed by atoms with van der Waals surface area (Å²) < 4.78 is 29.4. The Morgan fingerprint density at radius 2 is 2.23 bits per heavy atom. The fraction of sp³-hybridized carbons (Fsp3) is 0.833. The lowest BCUT2D eigenvalue weighted by Gasteiger charge is -2.06. The van der Waals surface area contributed by atoms with E-state index < -0.39 is 14.4 Å². The van der Waals surface area contributed by atoms with E-state index in [0.29, 0.717) is 23.1 Å². The lowest BCUT2D eigenvalue weighted by molar-refractivity contribution is 0.158.